The highest BCUT2D eigenvalue weighted by Gasteiger charge is 2.12. The van der Waals surface area contributed by atoms with Crippen molar-refractivity contribution in [3.05, 3.63) is 59.7 Å². The predicted octanol–water partition coefficient (Wildman–Crippen LogP) is 3.78. The lowest BCUT2D eigenvalue weighted by Gasteiger charge is -2.08. The molecule has 0 unspecified atom stereocenters. The molecule has 0 atom stereocenters. The largest absolute Gasteiger partial charge is 0.295 e. The number of imidazole rings is 1. The molecular weight excluding hydrogens is 277 g/mol. The Kier molecular flexibility index (Phi) is 3.13. The smallest absolute Gasteiger partial charge is 0.141 e. The molecule has 0 aliphatic heterocycles. The molecule has 98 valence electrons. The number of nitriles is 1. The SMILES string of the molecule is N#Cc1cc(-n2c(CCl)nc3ccccc32)ccc1F. The minimum Gasteiger partial charge on any atom is -0.295 e. The van der Waals surface area contributed by atoms with Gasteiger partial charge >= 0.3 is 0 Å². The van der Waals surface area contributed by atoms with E-state index in [4.69, 9.17) is 16.9 Å². The predicted molar refractivity (Wildman–Crippen MR) is 75.3 cm³/mol. The number of alkyl halides is 1. The van der Waals surface area contributed by atoms with Crippen LogP contribution in [0.25, 0.3) is 16.7 Å². The molecule has 0 radical (unpaired) electrons. The summed E-state index contributed by atoms with van der Waals surface area (Å²) in [4.78, 5) is 4.44. The Labute approximate surface area is 119 Å². The highest BCUT2D eigenvalue weighted by Crippen LogP contribution is 2.23. The van der Waals surface area contributed by atoms with Gasteiger partial charge in [0, 0.05) is 5.69 Å². The lowest BCUT2D eigenvalue weighted by Crippen LogP contribution is -2.00. The molecule has 20 heavy (non-hydrogen) atoms. The Morgan fingerprint density at radius 3 is 2.80 bits per heavy atom. The lowest BCUT2D eigenvalue weighted by atomic mass is 10.2. The number of halogens is 2. The molecule has 3 rings (SSSR count). The van der Waals surface area contributed by atoms with Crippen molar-refractivity contribution in [3.63, 3.8) is 0 Å². The van der Waals surface area contributed by atoms with E-state index < -0.39 is 5.82 Å². The highest BCUT2D eigenvalue weighted by molar-refractivity contribution is 6.17. The van der Waals surface area contributed by atoms with Crippen LogP contribution in [-0.2, 0) is 5.88 Å². The zero-order chi connectivity index (χ0) is 14.1. The second-order valence-electron chi connectivity index (χ2n) is 4.26. The number of hydrogen-bond donors (Lipinski definition) is 0. The van der Waals surface area contributed by atoms with Gasteiger partial charge < -0.3 is 0 Å². The van der Waals surface area contributed by atoms with Crippen molar-refractivity contribution in [3.8, 4) is 11.8 Å². The maximum absolute atomic E-state index is 13.4. The Morgan fingerprint density at radius 2 is 2.05 bits per heavy atom. The molecule has 1 aromatic heterocycles. The van der Waals surface area contributed by atoms with Gasteiger partial charge in [-0.15, -0.1) is 11.6 Å². The summed E-state index contributed by atoms with van der Waals surface area (Å²) in [7, 11) is 0. The molecule has 0 aliphatic carbocycles. The number of benzene rings is 2. The molecule has 0 aliphatic rings. The van der Waals surface area contributed by atoms with Crippen molar-refractivity contribution in [1.29, 1.82) is 5.26 Å². The standard InChI is InChI=1S/C15H9ClFN3/c16-8-15-19-13-3-1-2-4-14(13)20(15)11-5-6-12(17)10(7-11)9-18/h1-7H,8H2. The summed E-state index contributed by atoms with van der Waals surface area (Å²) in [6.07, 6.45) is 0. The third-order valence-electron chi connectivity index (χ3n) is 3.08. The summed E-state index contributed by atoms with van der Waals surface area (Å²) >= 11 is 5.94. The number of rotatable bonds is 2. The summed E-state index contributed by atoms with van der Waals surface area (Å²) in [6, 6.07) is 13.8. The van der Waals surface area contributed by atoms with Crippen LogP contribution >= 0.6 is 11.6 Å². The van der Waals surface area contributed by atoms with Crippen LogP contribution in [-0.4, -0.2) is 9.55 Å². The number of aromatic nitrogens is 2. The fourth-order valence-electron chi connectivity index (χ4n) is 2.19. The van der Waals surface area contributed by atoms with Gasteiger partial charge in [0.25, 0.3) is 0 Å². The normalized spacial score (nSPS) is 10.7. The van der Waals surface area contributed by atoms with Crippen molar-refractivity contribution in [1.82, 2.24) is 9.55 Å². The minimum atomic E-state index is -0.534. The average molecular weight is 286 g/mol. The molecule has 3 aromatic rings. The molecule has 0 amide bonds. The quantitative estimate of drug-likeness (QED) is 0.673. The summed E-state index contributed by atoms with van der Waals surface area (Å²) in [5, 5.41) is 8.94. The van der Waals surface area contributed by atoms with Crippen LogP contribution in [0.2, 0.25) is 0 Å². The summed E-state index contributed by atoms with van der Waals surface area (Å²) in [5.74, 6) is 0.352. The van der Waals surface area contributed by atoms with Crippen LogP contribution in [0.15, 0.2) is 42.5 Å². The van der Waals surface area contributed by atoms with Gasteiger partial charge in [-0.3, -0.25) is 4.57 Å². The first-order valence-electron chi connectivity index (χ1n) is 5.97. The lowest BCUT2D eigenvalue weighted by molar-refractivity contribution is 0.623. The fourth-order valence-corrected chi connectivity index (χ4v) is 2.37. The Bertz CT molecular complexity index is 833. The first-order valence-corrected chi connectivity index (χ1v) is 6.50. The summed E-state index contributed by atoms with van der Waals surface area (Å²) in [5.41, 5.74) is 2.36. The number of nitrogens with zero attached hydrogens (tertiary/aromatic N) is 3. The van der Waals surface area contributed by atoms with Gasteiger partial charge in [-0.05, 0) is 30.3 Å². The third kappa shape index (κ3) is 1.93. The van der Waals surface area contributed by atoms with E-state index in [1.165, 1.54) is 12.1 Å². The zero-order valence-corrected chi connectivity index (χ0v) is 11.1. The van der Waals surface area contributed by atoms with Crippen LogP contribution < -0.4 is 0 Å². The van der Waals surface area contributed by atoms with E-state index in [1.807, 2.05) is 34.9 Å². The summed E-state index contributed by atoms with van der Waals surface area (Å²) in [6.45, 7) is 0. The van der Waals surface area contributed by atoms with E-state index in [-0.39, 0.29) is 11.4 Å². The molecule has 5 heteroatoms. The number of fused-ring (bicyclic) bond motifs is 1. The molecule has 0 spiro atoms. The Morgan fingerprint density at radius 1 is 1.25 bits per heavy atom. The molecule has 2 aromatic carbocycles. The zero-order valence-electron chi connectivity index (χ0n) is 10.3. The molecule has 3 nitrogen and oxygen atoms in total. The van der Waals surface area contributed by atoms with E-state index in [1.54, 1.807) is 6.07 Å². The van der Waals surface area contributed by atoms with E-state index >= 15 is 0 Å². The van der Waals surface area contributed by atoms with Crippen molar-refractivity contribution in [2.24, 2.45) is 0 Å². The molecule has 0 fully saturated rings. The molecule has 0 saturated heterocycles. The van der Waals surface area contributed by atoms with Crippen LogP contribution in [0, 0.1) is 17.1 Å². The van der Waals surface area contributed by atoms with Gasteiger partial charge in [0.15, 0.2) is 0 Å². The van der Waals surface area contributed by atoms with Crippen molar-refractivity contribution < 1.29 is 4.39 Å². The van der Waals surface area contributed by atoms with Gasteiger partial charge in [0.2, 0.25) is 0 Å². The first-order chi connectivity index (χ1) is 9.74. The average Bonchev–Trinajstić information content (AvgIpc) is 2.86. The van der Waals surface area contributed by atoms with E-state index in [9.17, 15) is 4.39 Å². The van der Waals surface area contributed by atoms with Crippen molar-refractivity contribution in [2.75, 3.05) is 0 Å². The second kappa shape index (κ2) is 4.95. The van der Waals surface area contributed by atoms with Gasteiger partial charge in [0.1, 0.15) is 17.7 Å². The topological polar surface area (TPSA) is 41.6 Å². The molecular formula is C15H9ClFN3. The fraction of sp³-hybridized carbons (Fsp3) is 0.0667. The monoisotopic (exact) mass is 285 g/mol. The Balaban J connectivity index is 2.31. The minimum absolute atomic E-state index is 0.000744. The van der Waals surface area contributed by atoms with Crippen molar-refractivity contribution in [2.45, 2.75) is 5.88 Å². The van der Waals surface area contributed by atoms with Crippen LogP contribution in [0.1, 0.15) is 11.4 Å². The van der Waals surface area contributed by atoms with Gasteiger partial charge in [-0.25, -0.2) is 9.37 Å². The van der Waals surface area contributed by atoms with E-state index in [2.05, 4.69) is 4.98 Å². The van der Waals surface area contributed by atoms with E-state index in [0.29, 0.717) is 11.5 Å². The summed E-state index contributed by atoms with van der Waals surface area (Å²) < 4.78 is 15.3. The van der Waals surface area contributed by atoms with Gasteiger partial charge in [0.05, 0.1) is 22.5 Å². The molecule has 1 heterocycles. The van der Waals surface area contributed by atoms with E-state index in [0.717, 1.165) is 11.0 Å². The van der Waals surface area contributed by atoms with Crippen molar-refractivity contribution >= 4 is 22.6 Å². The third-order valence-corrected chi connectivity index (χ3v) is 3.32. The Hall–Kier alpha value is -2.38. The molecule has 0 saturated carbocycles. The maximum Gasteiger partial charge on any atom is 0.141 e. The van der Waals surface area contributed by atoms with Crippen LogP contribution in [0.5, 0.6) is 0 Å². The first kappa shape index (κ1) is 12.6. The second-order valence-corrected chi connectivity index (χ2v) is 4.53. The highest BCUT2D eigenvalue weighted by atomic mass is 35.5. The van der Waals surface area contributed by atoms with Gasteiger partial charge in [-0.1, -0.05) is 12.1 Å². The number of para-hydroxylation sites is 2. The molecule has 0 bridgehead atoms. The van der Waals surface area contributed by atoms with Gasteiger partial charge in [-0.2, -0.15) is 5.26 Å². The molecule has 0 N–H and O–H groups in total. The van der Waals surface area contributed by atoms with Crippen LogP contribution in [0.3, 0.4) is 0 Å². The maximum atomic E-state index is 13.4. The number of hydrogen-bond acceptors (Lipinski definition) is 2. The van der Waals surface area contributed by atoms with Crippen LogP contribution in [0.4, 0.5) is 4.39 Å².